The van der Waals surface area contributed by atoms with Crippen molar-refractivity contribution in [3.63, 3.8) is 0 Å². The van der Waals surface area contributed by atoms with Crippen molar-refractivity contribution in [1.82, 2.24) is 20.9 Å². The first-order valence-electron chi connectivity index (χ1n) is 5.50. The third-order valence-corrected chi connectivity index (χ3v) is 2.64. The van der Waals surface area contributed by atoms with Crippen LogP contribution in [0.3, 0.4) is 0 Å². The van der Waals surface area contributed by atoms with Crippen LogP contribution < -0.4 is 16.0 Å². The van der Waals surface area contributed by atoms with Crippen molar-refractivity contribution in [1.29, 1.82) is 0 Å². The lowest BCUT2D eigenvalue weighted by atomic mass is 10.2. The number of rotatable bonds is 4. The zero-order valence-corrected chi connectivity index (χ0v) is 10.1. The maximum atomic E-state index is 11.9. The Morgan fingerprint density at radius 3 is 2.76 bits per heavy atom. The zero-order valence-electron chi connectivity index (χ0n) is 10.1. The minimum atomic E-state index is -0.401. The van der Waals surface area contributed by atoms with E-state index in [1.807, 2.05) is 0 Å². The molecule has 1 saturated heterocycles. The minimum absolute atomic E-state index is 0.102. The summed E-state index contributed by atoms with van der Waals surface area (Å²) in [6.45, 7) is 0.812. The lowest BCUT2D eigenvalue weighted by molar-refractivity contribution is -0.134. The number of amides is 3. The molecule has 1 unspecified atom stereocenters. The number of carbonyl (C=O) groups excluding carboxylic acids is 3. The fourth-order valence-electron chi connectivity index (χ4n) is 1.51. The highest BCUT2D eigenvalue weighted by atomic mass is 16.2. The van der Waals surface area contributed by atoms with Crippen LogP contribution in [0.2, 0.25) is 0 Å². The standard InChI is InChI=1S/C10H18N4O3/c1-11-8(15)3-4-14(2)10(17)7-5-13-9(16)6-12-7/h7,12H,3-6H2,1-2H3,(H,11,15)(H,13,16). The predicted octanol–water partition coefficient (Wildman–Crippen LogP) is -2.33. The highest BCUT2D eigenvalue weighted by Crippen LogP contribution is 1.97. The highest BCUT2D eigenvalue weighted by Gasteiger charge is 2.26. The van der Waals surface area contributed by atoms with Gasteiger partial charge in [-0.1, -0.05) is 0 Å². The lowest BCUT2D eigenvalue weighted by Gasteiger charge is -2.27. The van der Waals surface area contributed by atoms with Crippen LogP contribution in [0.15, 0.2) is 0 Å². The second kappa shape index (κ2) is 6.19. The summed E-state index contributed by atoms with van der Waals surface area (Å²) in [4.78, 5) is 35.3. The van der Waals surface area contributed by atoms with Gasteiger partial charge in [0.15, 0.2) is 0 Å². The van der Waals surface area contributed by atoms with Gasteiger partial charge in [-0.3, -0.25) is 19.7 Å². The van der Waals surface area contributed by atoms with Crippen LogP contribution in [0.4, 0.5) is 0 Å². The van der Waals surface area contributed by atoms with Gasteiger partial charge in [0.05, 0.1) is 6.54 Å². The molecule has 1 fully saturated rings. The molecule has 7 heteroatoms. The SMILES string of the molecule is CNC(=O)CCN(C)C(=O)C1CNC(=O)CN1. The number of carbonyl (C=O) groups is 3. The summed E-state index contributed by atoms with van der Waals surface area (Å²) < 4.78 is 0. The summed E-state index contributed by atoms with van der Waals surface area (Å²) in [5.41, 5.74) is 0. The Kier molecular flexibility index (Phi) is 4.89. The smallest absolute Gasteiger partial charge is 0.241 e. The Labute approximate surface area is 99.9 Å². The number of likely N-dealkylation sites (N-methyl/N-ethyl adjacent to an activating group) is 1. The first kappa shape index (κ1) is 13.4. The molecule has 0 spiro atoms. The monoisotopic (exact) mass is 242 g/mol. The van der Waals surface area contributed by atoms with Crippen molar-refractivity contribution in [3.05, 3.63) is 0 Å². The summed E-state index contributed by atoms with van der Waals surface area (Å²) in [7, 11) is 3.20. The molecule has 0 saturated carbocycles. The van der Waals surface area contributed by atoms with E-state index in [2.05, 4.69) is 16.0 Å². The third-order valence-electron chi connectivity index (χ3n) is 2.64. The van der Waals surface area contributed by atoms with Gasteiger partial charge in [-0.15, -0.1) is 0 Å². The number of piperazine rings is 1. The van der Waals surface area contributed by atoms with E-state index in [1.165, 1.54) is 4.90 Å². The highest BCUT2D eigenvalue weighted by molar-refractivity contribution is 5.87. The van der Waals surface area contributed by atoms with Gasteiger partial charge in [0.1, 0.15) is 6.04 Å². The minimum Gasteiger partial charge on any atom is -0.359 e. The molecule has 0 bridgehead atoms. The number of nitrogens with one attached hydrogen (secondary N) is 3. The van der Waals surface area contributed by atoms with E-state index < -0.39 is 6.04 Å². The van der Waals surface area contributed by atoms with Gasteiger partial charge < -0.3 is 15.5 Å². The molecular formula is C10H18N4O3. The summed E-state index contributed by atoms with van der Waals surface area (Å²) in [5.74, 6) is -0.328. The van der Waals surface area contributed by atoms with Gasteiger partial charge in [0.2, 0.25) is 17.7 Å². The molecule has 1 aliphatic rings. The molecule has 17 heavy (non-hydrogen) atoms. The molecule has 0 aromatic heterocycles. The maximum Gasteiger partial charge on any atom is 0.241 e. The summed E-state index contributed by atoms with van der Waals surface area (Å²) >= 11 is 0. The summed E-state index contributed by atoms with van der Waals surface area (Å²) in [6.07, 6.45) is 0.276. The second-order valence-electron chi connectivity index (χ2n) is 3.92. The maximum absolute atomic E-state index is 11.9. The summed E-state index contributed by atoms with van der Waals surface area (Å²) in [5, 5.41) is 7.96. The van der Waals surface area contributed by atoms with E-state index in [-0.39, 0.29) is 30.7 Å². The van der Waals surface area contributed by atoms with Crippen molar-refractivity contribution in [2.45, 2.75) is 12.5 Å². The molecule has 1 heterocycles. The predicted molar refractivity (Wildman–Crippen MR) is 61.1 cm³/mol. The second-order valence-corrected chi connectivity index (χ2v) is 3.92. The molecule has 96 valence electrons. The Morgan fingerprint density at radius 1 is 1.53 bits per heavy atom. The van der Waals surface area contributed by atoms with Crippen molar-refractivity contribution in [3.8, 4) is 0 Å². The third kappa shape index (κ3) is 4.03. The molecule has 3 amide bonds. The van der Waals surface area contributed by atoms with Crippen LogP contribution in [-0.4, -0.2) is 62.4 Å². The van der Waals surface area contributed by atoms with Gasteiger partial charge >= 0.3 is 0 Å². The molecule has 3 N–H and O–H groups in total. The molecule has 1 atom stereocenters. The van der Waals surface area contributed by atoms with Crippen LogP contribution in [-0.2, 0) is 14.4 Å². The van der Waals surface area contributed by atoms with Crippen LogP contribution >= 0.6 is 0 Å². The molecule has 0 aromatic rings. The van der Waals surface area contributed by atoms with Crippen molar-refractivity contribution >= 4 is 17.7 Å². The Bertz CT molecular complexity index is 309. The Balaban J connectivity index is 2.36. The number of hydrogen-bond acceptors (Lipinski definition) is 4. The van der Waals surface area contributed by atoms with Crippen molar-refractivity contribution in [2.24, 2.45) is 0 Å². The van der Waals surface area contributed by atoms with Gasteiger partial charge in [-0.05, 0) is 0 Å². The lowest BCUT2D eigenvalue weighted by Crippen LogP contribution is -2.58. The molecule has 0 aliphatic carbocycles. The average molecular weight is 242 g/mol. The largest absolute Gasteiger partial charge is 0.359 e. The van der Waals surface area contributed by atoms with Crippen LogP contribution in [0, 0.1) is 0 Å². The fraction of sp³-hybridized carbons (Fsp3) is 0.700. The molecule has 0 aromatic carbocycles. The zero-order chi connectivity index (χ0) is 12.8. The fourth-order valence-corrected chi connectivity index (χ4v) is 1.51. The van der Waals surface area contributed by atoms with E-state index in [9.17, 15) is 14.4 Å². The van der Waals surface area contributed by atoms with E-state index in [4.69, 9.17) is 0 Å². The van der Waals surface area contributed by atoms with Crippen LogP contribution in [0.5, 0.6) is 0 Å². The van der Waals surface area contributed by atoms with E-state index in [0.29, 0.717) is 13.1 Å². The summed E-state index contributed by atoms with van der Waals surface area (Å²) in [6, 6.07) is -0.401. The van der Waals surface area contributed by atoms with Crippen LogP contribution in [0.1, 0.15) is 6.42 Å². The Hall–Kier alpha value is -1.63. The molecule has 0 radical (unpaired) electrons. The van der Waals surface area contributed by atoms with Gasteiger partial charge in [0, 0.05) is 33.6 Å². The van der Waals surface area contributed by atoms with Crippen LogP contribution in [0.25, 0.3) is 0 Å². The number of nitrogens with zero attached hydrogens (tertiary/aromatic N) is 1. The first-order valence-corrected chi connectivity index (χ1v) is 5.50. The Morgan fingerprint density at radius 2 is 2.24 bits per heavy atom. The first-order chi connectivity index (χ1) is 8.04. The van der Waals surface area contributed by atoms with Crippen molar-refractivity contribution in [2.75, 3.05) is 33.7 Å². The molecule has 1 aliphatic heterocycles. The average Bonchev–Trinajstić information content (AvgIpc) is 2.35. The molecule has 7 nitrogen and oxygen atoms in total. The van der Waals surface area contributed by atoms with E-state index in [1.54, 1.807) is 14.1 Å². The number of hydrogen-bond donors (Lipinski definition) is 3. The van der Waals surface area contributed by atoms with Gasteiger partial charge in [-0.2, -0.15) is 0 Å². The van der Waals surface area contributed by atoms with Gasteiger partial charge in [0.25, 0.3) is 0 Å². The van der Waals surface area contributed by atoms with E-state index in [0.717, 1.165) is 0 Å². The topological polar surface area (TPSA) is 90.5 Å². The van der Waals surface area contributed by atoms with E-state index >= 15 is 0 Å². The quantitative estimate of drug-likeness (QED) is 0.516. The van der Waals surface area contributed by atoms with Gasteiger partial charge in [-0.25, -0.2) is 0 Å². The normalized spacial score (nSPS) is 19.4. The molecule has 1 rings (SSSR count). The van der Waals surface area contributed by atoms with Crippen molar-refractivity contribution < 1.29 is 14.4 Å². The molecular weight excluding hydrogens is 224 g/mol.